The Morgan fingerprint density at radius 1 is 1.22 bits per heavy atom. The Labute approximate surface area is 190 Å². The summed E-state index contributed by atoms with van der Waals surface area (Å²) < 4.78 is 10.5. The standard InChI is InChI=1S/C22H24ClN3O6/c1-13-10-17(20(31-3)12-16(13)23)24-21(27)14(2)32-22(28)15-6-7-18(19(11-15)26(29)30)25-8-4-5-9-25/h6-7,10-12,14H,4-5,8-9H2,1-3H3,(H,24,27). The number of esters is 1. The molecule has 0 radical (unpaired) electrons. The van der Waals surface area contributed by atoms with Crippen LogP contribution in [0.25, 0.3) is 0 Å². The third-order valence-electron chi connectivity index (χ3n) is 5.25. The van der Waals surface area contributed by atoms with Crippen LogP contribution in [0.1, 0.15) is 35.7 Å². The molecular formula is C22H24ClN3O6. The van der Waals surface area contributed by atoms with Crippen molar-refractivity contribution < 1.29 is 24.0 Å². The number of rotatable bonds is 7. The lowest BCUT2D eigenvalue weighted by Gasteiger charge is -2.18. The summed E-state index contributed by atoms with van der Waals surface area (Å²) in [7, 11) is 1.44. The zero-order valence-corrected chi connectivity index (χ0v) is 18.8. The van der Waals surface area contributed by atoms with E-state index in [1.807, 2.05) is 4.90 Å². The Hall–Kier alpha value is -3.33. The summed E-state index contributed by atoms with van der Waals surface area (Å²) in [5.41, 5.74) is 1.42. The van der Waals surface area contributed by atoms with Gasteiger partial charge in [0, 0.05) is 30.2 Å². The third-order valence-corrected chi connectivity index (χ3v) is 5.65. The first-order valence-electron chi connectivity index (χ1n) is 10.1. The number of nitrogens with zero attached hydrogens (tertiary/aromatic N) is 2. The lowest BCUT2D eigenvalue weighted by Crippen LogP contribution is -2.30. The average molecular weight is 462 g/mol. The number of hydrogen-bond donors (Lipinski definition) is 1. The molecule has 0 aliphatic carbocycles. The largest absolute Gasteiger partial charge is 0.495 e. The van der Waals surface area contributed by atoms with Gasteiger partial charge in [0.25, 0.3) is 11.6 Å². The smallest absolute Gasteiger partial charge is 0.339 e. The van der Waals surface area contributed by atoms with Crippen molar-refractivity contribution in [1.29, 1.82) is 0 Å². The van der Waals surface area contributed by atoms with E-state index >= 15 is 0 Å². The summed E-state index contributed by atoms with van der Waals surface area (Å²) in [6, 6.07) is 7.43. The van der Waals surface area contributed by atoms with Crippen molar-refractivity contribution in [3.8, 4) is 5.75 Å². The molecule has 0 saturated carbocycles. The number of halogens is 1. The minimum Gasteiger partial charge on any atom is -0.495 e. The normalized spacial score (nSPS) is 14.1. The Bertz CT molecular complexity index is 1050. The zero-order chi connectivity index (χ0) is 23.4. The van der Waals surface area contributed by atoms with Crippen molar-refractivity contribution in [2.75, 3.05) is 30.4 Å². The van der Waals surface area contributed by atoms with E-state index in [1.54, 1.807) is 25.1 Å². The first-order chi connectivity index (χ1) is 15.2. The van der Waals surface area contributed by atoms with E-state index in [2.05, 4.69) is 5.32 Å². The molecule has 1 aliphatic heterocycles. The molecule has 1 fully saturated rings. The number of carbonyl (C=O) groups is 2. The fourth-order valence-electron chi connectivity index (χ4n) is 3.47. The van der Waals surface area contributed by atoms with Gasteiger partial charge in [0.15, 0.2) is 6.10 Å². The van der Waals surface area contributed by atoms with Crippen LogP contribution in [0.3, 0.4) is 0 Å². The lowest BCUT2D eigenvalue weighted by atomic mass is 10.1. The quantitative estimate of drug-likeness (QED) is 0.370. The number of aryl methyl sites for hydroxylation is 1. The molecule has 2 aromatic rings. The van der Waals surface area contributed by atoms with E-state index in [-0.39, 0.29) is 11.3 Å². The van der Waals surface area contributed by atoms with Crippen LogP contribution in [0.2, 0.25) is 5.02 Å². The molecule has 9 nitrogen and oxygen atoms in total. The second-order valence-corrected chi connectivity index (χ2v) is 7.90. The number of nitro groups is 1. The number of methoxy groups -OCH3 is 1. The monoisotopic (exact) mass is 461 g/mol. The summed E-state index contributed by atoms with van der Waals surface area (Å²) in [4.78, 5) is 38.1. The number of carbonyl (C=O) groups excluding carboxylic acids is 2. The van der Waals surface area contributed by atoms with Crippen LogP contribution >= 0.6 is 11.6 Å². The van der Waals surface area contributed by atoms with Crippen molar-refractivity contribution in [3.63, 3.8) is 0 Å². The summed E-state index contributed by atoms with van der Waals surface area (Å²) in [6.07, 6.45) is 0.775. The fourth-order valence-corrected chi connectivity index (χ4v) is 3.62. The minimum absolute atomic E-state index is 0.000727. The molecule has 170 valence electrons. The Morgan fingerprint density at radius 2 is 1.91 bits per heavy atom. The second kappa shape index (κ2) is 9.86. The molecule has 0 aromatic heterocycles. The second-order valence-electron chi connectivity index (χ2n) is 7.49. The molecule has 1 amide bonds. The van der Waals surface area contributed by atoms with Crippen LogP contribution in [0, 0.1) is 17.0 Å². The first-order valence-corrected chi connectivity index (χ1v) is 10.5. The SMILES string of the molecule is COc1cc(Cl)c(C)cc1NC(=O)C(C)OC(=O)c1ccc(N2CCCC2)c([N+](=O)[O-])c1. The number of anilines is 2. The number of nitro benzene ring substituents is 1. The van der Waals surface area contributed by atoms with Gasteiger partial charge in [-0.25, -0.2) is 4.79 Å². The van der Waals surface area contributed by atoms with Crippen LogP contribution in [-0.4, -0.2) is 43.1 Å². The van der Waals surface area contributed by atoms with Crippen LogP contribution in [0.15, 0.2) is 30.3 Å². The van der Waals surface area contributed by atoms with E-state index < -0.39 is 22.9 Å². The van der Waals surface area contributed by atoms with E-state index in [1.165, 1.54) is 26.2 Å². The molecule has 0 spiro atoms. The summed E-state index contributed by atoms with van der Waals surface area (Å²) in [6.45, 7) is 4.65. The van der Waals surface area contributed by atoms with Crippen LogP contribution in [0.5, 0.6) is 5.75 Å². The number of hydrogen-bond acceptors (Lipinski definition) is 7. The number of benzene rings is 2. The van der Waals surface area contributed by atoms with Gasteiger partial charge in [-0.2, -0.15) is 0 Å². The van der Waals surface area contributed by atoms with Crippen molar-refractivity contribution >= 4 is 40.5 Å². The summed E-state index contributed by atoms with van der Waals surface area (Å²) >= 11 is 6.07. The molecule has 1 aliphatic rings. The van der Waals surface area contributed by atoms with Gasteiger partial charge in [-0.15, -0.1) is 0 Å². The van der Waals surface area contributed by atoms with Gasteiger partial charge in [0.2, 0.25) is 0 Å². The topological polar surface area (TPSA) is 111 Å². The Balaban J connectivity index is 1.72. The maximum absolute atomic E-state index is 12.6. The van der Waals surface area contributed by atoms with E-state index in [9.17, 15) is 19.7 Å². The molecule has 1 atom stereocenters. The van der Waals surface area contributed by atoms with Crippen LogP contribution < -0.4 is 15.0 Å². The molecule has 1 saturated heterocycles. The van der Waals surface area contributed by atoms with E-state index in [0.717, 1.165) is 31.5 Å². The van der Waals surface area contributed by atoms with Gasteiger partial charge < -0.3 is 19.7 Å². The molecule has 32 heavy (non-hydrogen) atoms. The summed E-state index contributed by atoms with van der Waals surface area (Å²) in [5, 5.41) is 14.7. The highest BCUT2D eigenvalue weighted by Crippen LogP contribution is 2.33. The van der Waals surface area contributed by atoms with Gasteiger partial charge in [0.05, 0.1) is 23.3 Å². The molecule has 10 heteroatoms. The Kier molecular flexibility index (Phi) is 7.19. The third kappa shape index (κ3) is 5.11. The lowest BCUT2D eigenvalue weighted by molar-refractivity contribution is -0.384. The first kappa shape index (κ1) is 23.3. The van der Waals surface area contributed by atoms with E-state index in [4.69, 9.17) is 21.1 Å². The highest BCUT2D eigenvalue weighted by atomic mass is 35.5. The van der Waals surface area contributed by atoms with E-state index in [0.29, 0.717) is 22.1 Å². The minimum atomic E-state index is -1.15. The number of amides is 1. The molecule has 1 N–H and O–H groups in total. The number of ether oxygens (including phenoxy) is 2. The molecular weight excluding hydrogens is 438 g/mol. The predicted molar refractivity (Wildman–Crippen MR) is 121 cm³/mol. The molecule has 1 heterocycles. The maximum Gasteiger partial charge on any atom is 0.339 e. The van der Waals surface area contributed by atoms with Crippen LogP contribution in [0.4, 0.5) is 17.1 Å². The highest BCUT2D eigenvalue weighted by molar-refractivity contribution is 6.31. The predicted octanol–water partition coefficient (Wildman–Crippen LogP) is 4.35. The van der Waals surface area contributed by atoms with Crippen LogP contribution in [-0.2, 0) is 9.53 Å². The van der Waals surface area contributed by atoms with Crippen molar-refractivity contribution in [2.24, 2.45) is 0 Å². The maximum atomic E-state index is 12.6. The van der Waals surface area contributed by atoms with Gasteiger partial charge >= 0.3 is 5.97 Å². The molecule has 0 bridgehead atoms. The van der Waals surface area contributed by atoms with Gasteiger partial charge in [-0.1, -0.05) is 11.6 Å². The van der Waals surface area contributed by atoms with Crippen molar-refractivity contribution in [1.82, 2.24) is 0 Å². The Morgan fingerprint density at radius 3 is 2.53 bits per heavy atom. The molecule has 3 rings (SSSR count). The van der Waals surface area contributed by atoms with Gasteiger partial charge in [0.1, 0.15) is 11.4 Å². The van der Waals surface area contributed by atoms with Crippen molar-refractivity contribution in [2.45, 2.75) is 32.8 Å². The van der Waals surface area contributed by atoms with Gasteiger partial charge in [-0.3, -0.25) is 14.9 Å². The molecule has 1 unspecified atom stereocenters. The van der Waals surface area contributed by atoms with Crippen molar-refractivity contribution in [3.05, 3.63) is 56.6 Å². The fraction of sp³-hybridized carbons (Fsp3) is 0.364. The van der Waals surface area contributed by atoms with Gasteiger partial charge in [-0.05, 0) is 50.5 Å². The molecule has 2 aromatic carbocycles. The summed E-state index contributed by atoms with van der Waals surface area (Å²) in [5.74, 6) is -1.05. The number of nitrogens with one attached hydrogen (secondary N) is 1. The zero-order valence-electron chi connectivity index (χ0n) is 18.0. The highest BCUT2D eigenvalue weighted by Gasteiger charge is 2.26. The average Bonchev–Trinajstić information content (AvgIpc) is 3.30.